The first kappa shape index (κ1) is 37.1. The number of sulfonamides is 1. The SMILES string of the molecule is CNCCO.COc1cc(C)c(S(=O)(=O)Cl)c(C)c1C.COc1cc(C)c(S(=O)(=O)N(C)CCO)c(C)c1C. The highest BCUT2D eigenvalue weighted by Crippen LogP contribution is 2.33. The lowest BCUT2D eigenvalue weighted by Crippen LogP contribution is -2.30. The van der Waals surface area contributed by atoms with Gasteiger partial charge in [-0.15, -0.1) is 0 Å². The minimum atomic E-state index is -3.69. The smallest absolute Gasteiger partial charge is 0.261 e. The van der Waals surface area contributed by atoms with Crippen molar-refractivity contribution < 1.29 is 36.5 Å². The summed E-state index contributed by atoms with van der Waals surface area (Å²) in [7, 11) is 4.46. The van der Waals surface area contributed by atoms with E-state index >= 15 is 0 Å². The van der Waals surface area contributed by atoms with Crippen LogP contribution in [0.4, 0.5) is 0 Å². The number of aliphatic hydroxyl groups excluding tert-OH is 2. The van der Waals surface area contributed by atoms with Crippen LogP contribution in [0.2, 0.25) is 0 Å². The summed E-state index contributed by atoms with van der Waals surface area (Å²) in [5.74, 6) is 1.35. The number of nitrogens with one attached hydrogen (secondary N) is 1. The highest BCUT2D eigenvalue weighted by Gasteiger charge is 2.26. The van der Waals surface area contributed by atoms with E-state index in [-0.39, 0.29) is 24.7 Å². The number of aliphatic hydroxyl groups is 2. The summed E-state index contributed by atoms with van der Waals surface area (Å²) in [6.07, 6.45) is 0. The number of ether oxygens (including phenoxy) is 2. The van der Waals surface area contributed by atoms with Crippen molar-refractivity contribution in [3.8, 4) is 11.5 Å². The van der Waals surface area contributed by atoms with E-state index in [0.717, 1.165) is 15.4 Å². The van der Waals surface area contributed by atoms with Crippen molar-refractivity contribution in [1.82, 2.24) is 9.62 Å². The summed E-state index contributed by atoms with van der Waals surface area (Å²) < 4.78 is 59.2. The Labute approximate surface area is 238 Å². The molecule has 0 spiro atoms. The van der Waals surface area contributed by atoms with E-state index in [9.17, 15) is 16.8 Å². The molecule has 0 fully saturated rings. The third kappa shape index (κ3) is 9.89. The summed E-state index contributed by atoms with van der Waals surface area (Å²) in [6.45, 7) is 11.4. The fourth-order valence-corrected chi connectivity index (χ4v) is 7.08. The van der Waals surface area contributed by atoms with Crippen molar-refractivity contribution in [2.75, 3.05) is 54.6 Å². The first-order valence-corrected chi connectivity index (χ1v) is 15.8. The van der Waals surface area contributed by atoms with Crippen LogP contribution < -0.4 is 14.8 Å². The van der Waals surface area contributed by atoms with Gasteiger partial charge in [0.15, 0.2) is 0 Å². The van der Waals surface area contributed by atoms with Crippen LogP contribution in [-0.4, -0.2) is 86.0 Å². The second-order valence-corrected chi connectivity index (χ2v) is 13.2. The number of benzene rings is 2. The predicted octanol–water partition coefficient (Wildman–Crippen LogP) is 2.98. The van der Waals surface area contributed by atoms with Crippen molar-refractivity contribution in [2.45, 2.75) is 51.3 Å². The van der Waals surface area contributed by atoms with Gasteiger partial charge in [-0.2, -0.15) is 4.31 Å². The molecule has 0 aliphatic heterocycles. The Bertz CT molecular complexity index is 1310. The van der Waals surface area contributed by atoms with Gasteiger partial charge in [-0.3, -0.25) is 0 Å². The van der Waals surface area contributed by atoms with Crippen LogP contribution in [0.1, 0.15) is 33.4 Å². The Balaban J connectivity index is 0.000000643. The molecule has 0 amide bonds. The van der Waals surface area contributed by atoms with Gasteiger partial charge in [-0.1, -0.05) is 0 Å². The van der Waals surface area contributed by atoms with Gasteiger partial charge in [0.1, 0.15) is 11.5 Å². The van der Waals surface area contributed by atoms with Crippen molar-refractivity contribution in [1.29, 1.82) is 0 Å². The zero-order valence-corrected chi connectivity index (χ0v) is 26.9. The van der Waals surface area contributed by atoms with Gasteiger partial charge < -0.3 is 25.0 Å². The molecule has 0 radical (unpaired) electrons. The molecule has 2 aromatic carbocycles. The number of methoxy groups -OCH3 is 2. The third-order valence-corrected chi connectivity index (χ3v) is 9.81. The molecule has 0 saturated heterocycles. The van der Waals surface area contributed by atoms with Crippen molar-refractivity contribution >= 4 is 29.8 Å². The number of hydrogen-bond donors (Lipinski definition) is 3. The van der Waals surface area contributed by atoms with E-state index in [0.29, 0.717) is 45.2 Å². The Kier molecular flexibility index (Phi) is 15.6. The highest BCUT2D eigenvalue weighted by atomic mass is 35.7. The molecule has 224 valence electrons. The topological polar surface area (TPSA) is 142 Å². The molecule has 0 saturated carbocycles. The maximum Gasteiger partial charge on any atom is 0.261 e. The molecule has 10 nitrogen and oxygen atoms in total. The minimum absolute atomic E-state index is 0.0757. The molecule has 0 bridgehead atoms. The number of aryl methyl sites for hydroxylation is 2. The molecule has 39 heavy (non-hydrogen) atoms. The lowest BCUT2D eigenvalue weighted by Gasteiger charge is -2.21. The van der Waals surface area contributed by atoms with Crippen molar-refractivity contribution in [2.24, 2.45) is 0 Å². The van der Waals surface area contributed by atoms with Gasteiger partial charge in [-0.05, 0) is 94.1 Å². The molecular formula is C26H43ClN2O8S2. The van der Waals surface area contributed by atoms with Crippen LogP contribution in [0.5, 0.6) is 11.5 Å². The van der Waals surface area contributed by atoms with Gasteiger partial charge >= 0.3 is 0 Å². The van der Waals surface area contributed by atoms with Gasteiger partial charge in [0, 0.05) is 30.8 Å². The largest absolute Gasteiger partial charge is 0.496 e. The Morgan fingerprint density at radius 2 is 1.21 bits per heavy atom. The Morgan fingerprint density at radius 3 is 1.51 bits per heavy atom. The maximum atomic E-state index is 12.5. The predicted molar refractivity (Wildman–Crippen MR) is 155 cm³/mol. The van der Waals surface area contributed by atoms with E-state index < -0.39 is 19.1 Å². The number of rotatable bonds is 9. The fourth-order valence-electron chi connectivity index (χ4n) is 3.77. The Morgan fingerprint density at radius 1 is 0.795 bits per heavy atom. The van der Waals surface area contributed by atoms with Gasteiger partial charge in [0.2, 0.25) is 10.0 Å². The number of halogens is 1. The van der Waals surface area contributed by atoms with Crippen LogP contribution in [-0.2, 0) is 19.1 Å². The molecule has 3 N–H and O–H groups in total. The summed E-state index contributed by atoms with van der Waals surface area (Å²) in [6, 6.07) is 3.40. The molecule has 0 heterocycles. The summed E-state index contributed by atoms with van der Waals surface area (Å²) >= 11 is 0. The molecule has 0 atom stereocenters. The summed E-state index contributed by atoms with van der Waals surface area (Å²) in [5, 5.41) is 19.7. The van der Waals surface area contributed by atoms with E-state index in [1.165, 1.54) is 7.05 Å². The Hall–Kier alpha value is -1.93. The number of hydrogen-bond acceptors (Lipinski definition) is 9. The zero-order chi connectivity index (χ0) is 30.7. The molecule has 13 heteroatoms. The second-order valence-electron chi connectivity index (χ2n) is 8.76. The van der Waals surface area contributed by atoms with Crippen molar-refractivity contribution in [3.63, 3.8) is 0 Å². The summed E-state index contributed by atoms with van der Waals surface area (Å²) in [5.41, 5.74) is 4.17. The number of likely N-dealkylation sites (N-methyl/N-ethyl adjacent to an activating group) is 2. The van der Waals surface area contributed by atoms with E-state index in [2.05, 4.69) is 5.32 Å². The van der Waals surface area contributed by atoms with Gasteiger partial charge in [0.25, 0.3) is 9.05 Å². The quantitative estimate of drug-likeness (QED) is 0.365. The van der Waals surface area contributed by atoms with E-state index in [1.54, 1.807) is 68.0 Å². The van der Waals surface area contributed by atoms with Crippen LogP contribution in [0, 0.1) is 41.5 Å². The first-order valence-electron chi connectivity index (χ1n) is 12.0. The van der Waals surface area contributed by atoms with Crippen LogP contribution in [0.15, 0.2) is 21.9 Å². The monoisotopic (exact) mass is 610 g/mol. The molecular weight excluding hydrogens is 568 g/mol. The molecule has 0 aliphatic rings. The lowest BCUT2D eigenvalue weighted by atomic mass is 10.1. The van der Waals surface area contributed by atoms with Crippen LogP contribution >= 0.6 is 10.7 Å². The molecule has 0 aromatic heterocycles. The van der Waals surface area contributed by atoms with Crippen molar-refractivity contribution in [3.05, 3.63) is 45.5 Å². The highest BCUT2D eigenvalue weighted by molar-refractivity contribution is 8.13. The van der Waals surface area contributed by atoms with Crippen LogP contribution in [0.25, 0.3) is 0 Å². The molecule has 0 unspecified atom stereocenters. The van der Waals surface area contributed by atoms with E-state index in [4.69, 9.17) is 30.4 Å². The normalized spacial score (nSPS) is 11.3. The first-order chi connectivity index (χ1) is 18.0. The zero-order valence-electron chi connectivity index (χ0n) is 24.5. The number of nitrogens with zero attached hydrogens (tertiary/aromatic N) is 1. The van der Waals surface area contributed by atoms with Gasteiger partial charge in [0.05, 0.1) is 37.2 Å². The summed E-state index contributed by atoms with van der Waals surface area (Å²) in [4.78, 5) is 0.476. The average molecular weight is 611 g/mol. The maximum absolute atomic E-state index is 12.5. The second kappa shape index (κ2) is 16.4. The minimum Gasteiger partial charge on any atom is -0.496 e. The standard InChI is InChI=1S/C13H21NO4S.C10H13ClO3S.C3H9NO/c1-9-8-12(18-5)10(2)11(3)13(9)19(16,17)14(4)6-7-15;1-6-5-9(14-4)7(2)8(3)10(6)15(11,12)13;1-4-2-3-5/h8,15H,6-7H2,1-5H3;5H,1-4H3;4-5H,2-3H2,1H3. The molecule has 0 aliphatic carbocycles. The fraction of sp³-hybridized carbons (Fsp3) is 0.538. The van der Waals surface area contributed by atoms with E-state index in [1.807, 2.05) is 6.92 Å². The lowest BCUT2D eigenvalue weighted by molar-refractivity contribution is 0.266. The third-order valence-electron chi connectivity index (χ3n) is 6.09. The molecule has 2 rings (SSSR count). The average Bonchev–Trinajstić information content (AvgIpc) is 2.84. The molecule has 2 aromatic rings. The van der Waals surface area contributed by atoms with Crippen LogP contribution in [0.3, 0.4) is 0 Å². The van der Waals surface area contributed by atoms with Gasteiger partial charge in [-0.25, -0.2) is 16.8 Å².